The molecule has 0 aromatic heterocycles. The van der Waals surface area contributed by atoms with Crippen LogP contribution in [0.2, 0.25) is 0 Å². The number of carbonyl (C=O) groups is 1. The molecule has 0 radical (unpaired) electrons. The van der Waals surface area contributed by atoms with Gasteiger partial charge in [0.2, 0.25) is 0 Å². The Balaban J connectivity index is 2.11. The van der Waals surface area contributed by atoms with E-state index in [2.05, 4.69) is 0 Å². The van der Waals surface area contributed by atoms with Crippen LogP contribution in [-0.2, 0) is 10.5 Å². The third-order valence-electron chi connectivity index (χ3n) is 3.33. The molecule has 3 N–H and O–H groups in total. The molecule has 116 valence electrons. The smallest absolute Gasteiger partial charge is 0.321 e. The summed E-state index contributed by atoms with van der Waals surface area (Å²) in [5.74, 6) is 0.497. The number of hydrogen-bond donors (Lipinski definition) is 2. The highest BCUT2D eigenvalue weighted by molar-refractivity contribution is 7.98. The zero-order valence-electron chi connectivity index (χ0n) is 12.3. The van der Waals surface area contributed by atoms with Gasteiger partial charge in [0.15, 0.2) is 0 Å². The maximum atomic E-state index is 11.3. The zero-order valence-corrected chi connectivity index (χ0v) is 13.1. The molecule has 2 aromatic carbocycles. The molecule has 0 unspecified atom stereocenters. The second-order valence-electron chi connectivity index (χ2n) is 4.85. The van der Waals surface area contributed by atoms with Gasteiger partial charge in [0.05, 0.1) is 12.4 Å². The number of benzene rings is 2. The summed E-state index contributed by atoms with van der Waals surface area (Å²) in [5, 5.41) is 8.93. The molecule has 0 spiro atoms. The Morgan fingerprint density at radius 2 is 1.82 bits per heavy atom. The summed E-state index contributed by atoms with van der Waals surface area (Å²) in [6, 6.07) is 16.3. The van der Waals surface area contributed by atoms with Gasteiger partial charge < -0.3 is 15.6 Å². The monoisotopic (exact) mass is 317 g/mol. The van der Waals surface area contributed by atoms with Gasteiger partial charge in [-0.15, -0.1) is 11.8 Å². The van der Waals surface area contributed by atoms with Crippen LogP contribution < -0.4 is 10.5 Å². The Kier molecular flexibility index (Phi) is 5.86. The van der Waals surface area contributed by atoms with E-state index in [9.17, 15) is 9.90 Å². The van der Waals surface area contributed by atoms with E-state index in [4.69, 9.17) is 10.5 Å². The number of aliphatic carboxylic acids is 1. The maximum Gasteiger partial charge on any atom is 0.321 e. The summed E-state index contributed by atoms with van der Waals surface area (Å²) < 4.78 is 5.13. The first kappa shape index (κ1) is 16.4. The number of thioether (sulfide) groups is 1. The molecule has 0 aliphatic rings. The number of carboxylic acids is 1. The van der Waals surface area contributed by atoms with E-state index in [1.165, 1.54) is 11.8 Å². The second-order valence-corrected chi connectivity index (χ2v) is 5.98. The largest absolute Gasteiger partial charge is 0.497 e. The Bertz CT molecular complexity index is 601. The number of methoxy groups -OCH3 is 1. The lowest BCUT2D eigenvalue weighted by molar-refractivity contribution is -0.138. The molecule has 0 amide bonds. The molecule has 0 bridgehead atoms. The van der Waals surface area contributed by atoms with Gasteiger partial charge in [0.1, 0.15) is 11.8 Å². The zero-order chi connectivity index (χ0) is 15.9. The van der Waals surface area contributed by atoms with Crippen LogP contribution in [0.1, 0.15) is 16.4 Å². The highest BCUT2D eigenvalue weighted by Gasteiger charge is 2.26. The molecule has 0 fully saturated rings. The van der Waals surface area contributed by atoms with Gasteiger partial charge in [0.25, 0.3) is 0 Å². The minimum Gasteiger partial charge on any atom is -0.497 e. The van der Waals surface area contributed by atoms with E-state index < -0.39 is 12.0 Å². The highest BCUT2D eigenvalue weighted by Crippen LogP contribution is 2.34. The molecular formula is C17H19NO3S. The number of carboxylic acid groups (broad SMARTS) is 1. The van der Waals surface area contributed by atoms with Crippen LogP contribution in [0.3, 0.4) is 0 Å². The van der Waals surface area contributed by atoms with Gasteiger partial charge in [-0.25, -0.2) is 0 Å². The minimum absolute atomic E-state index is 0.291. The summed E-state index contributed by atoms with van der Waals surface area (Å²) in [6.07, 6.45) is 0. The van der Waals surface area contributed by atoms with Gasteiger partial charge in [-0.2, -0.15) is 0 Å². The molecule has 0 saturated heterocycles. The first-order valence-corrected chi connectivity index (χ1v) is 7.94. The molecule has 0 aliphatic carbocycles. The fraction of sp³-hybridized carbons (Fsp3) is 0.235. The number of ether oxygens (including phenoxy) is 1. The van der Waals surface area contributed by atoms with Crippen molar-refractivity contribution < 1.29 is 14.6 Å². The van der Waals surface area contributed by atoms with Crippen LogP contribution in [0.15, 0.2) is 54.6 Å². The van der Waals surface area contributed by atoms with Crippen molar-refractivity contribution in [2.24, 2.45) is 5.73 Å². The number of hydrogen-bond acceptors (Lipinski definition) is 4. The molecule has 5 heteroatoms. The summed E-state index contributed by atoms with van der Waals surface area (Å²) >= 11 is 1.53. The van der Waals surface area contributed by atoms with Crippen LogP contribution in [-0.4, -0.2) is 24.2 Å². The Morgan fingerprint density at radius 3 is 2.36 bits per heavy atom. The maximum absolute atomic E-state index is 11.3. The van der Waals surface area contributed by atoms with Crippen molar-refractivity contribution in [3.05, 3.63) is 65.7 Å². The van der Waals surface area contributed by atoms with Crippen molar-refractivity contribution >= 4 is 17.7 Å². The van der Waals surface area contributed by atoms with E-state index in [0.717, 1.165) is 16.9 Å². The summed E-state index contributed by atoms with van der Waals surface area (Å²) in [6.45, 7) is 0. The number of rotatable bonds is 7. The van der Waals surface area contributed by atoms with Crippen LogP contribution in [0.25, 0.3) is 0 Å². The topological polar surface area (TPSA) is 72.5 Å². The van der Waals surface area contributed by atoms with Crippen molar-refractivity contribution in [3.8, 4) is 5.75 Å². The van der Waals surface area contributed by atoms with Crippen LogP contribution in [0.4, 0.5) is 0 Å². The summed E-state index contributed by atoms with van der Waals surface area (Å²) in [5.41, 5.74) is 7.89. The van der Waals surface area contributed by atoms with E-state index >= 15 is 0 Å². The SMILES string of the molecule is COc1ccc(CS[C@@H](c2ccccc2)[C@H](N)C(=O)O)cc1. The standard InChI is InChI=1S/C17H19NO3S/c1-21-14-9-7-12(8-10-14)11-22-16(15(18)17(19)20)13-5-3-2-4-6-13/h2-10,15-16H,11,18H2,1H3,(H,19,20)/t15-,16-/m0/s1. The average molecular weight is 317 g/mol. The molecule has 0 aliphatic heterocycles. The van der Waals surface area contributed by atoms with Crippen molar-refractivity contribution in [3.63, 3.8) is 0 Å². The fourth-order valence-electron chi connectivity index (χ4n) is 2.09. The van der Waals surface area contributed by atoms with Gasteiger partial charge in [-0.1, -0.05) is 42.5 Å². The van der Waals surface area contributed by atoms with E-state index in [0.29, 0.717) is 5.75 Å². The Morgan fingerprint density at radius 1 is 1.18 bits per heavy atom. The predicted molar refractivity (Wildman–Crippen MR) is 89.1 cm³/mol. The second kappa shape index (κ2) is 7.87. The Labute approximate surface area is 134 Å². The van der Waals surface area contributed by atoms with Gasteiger partial charge in [-0.3, -0.25) is 4.79 Å². The lowest BCUT2D eigenvalue weighted by atomic mass is 10.1. The van der Waals surface area contributed by atoms with Crippen molar-refractivity contribution in [2.75, 3.05) is 7.11 Å². The average Bonchev–Trinajstić information content (AvgIpc) is 2.56. The predicted octanol–water partition coefficient (Wildman–Crippen LogP) is 3.08. The Hall–Kier alpha value is -1.98. The highest BCUT2D eigenvalue weighted by atomic mass is 32.2. The molecule has 2 atom stereocenters. The minimum atomic E-state index is -0.990. The van der Waals surface area contributed by atoms with Crippen LogP contribution in [0, 0.1) is 0 Å². The quantitative estimate of drug-likeness (QED) is 0.821. The van der Waals surface area contributed by atoms with E-state index in [-0.39, 0.29) is 5.25 Å². The summed E-state index contributed by atoms with van der Waals surface area (Å²) in [4.78, 5) is 11.3. The molecule has 0 heterocycles. The van der Waals surface area contributed by atoms with Crippen molar-refractivity contribution in [2.45, 2.75) is 17.0 Å². The van der Waals surface area contributed by atoms with Crippen LogP contribution >= 0.6 is 11.8 Å². The summed E-state index contributed by atoms with van der Waals surface area (Å²) in [7, 11) is 1.63. The normalized spacial score (nSPS) is 13.4. The van der Waals surface area contributed by atoms with E-state index in [1.807, 2.05) is 54.6 Å². The molecule has 0 saturated carbocycles. The number of nitrogens with two attached hydrogens (primary N) is 1. The van der Waals surface area contributed by atoms with Gasteiger partial charge >= 0.3 is 5.97 Å². The lowest BCUT2D eigenvalue weighted by Gasteiger charge is -2.21. The lowest BCUT2D eigenvalue weighted by Crippen LogP contribution is -2.35. The van der Waals surface area contributed by atoms with E-state index in [1.54, 1.807) is 7.11 Å². The van der Waals surface area contributed by atoms with Gasteiger partial charge in [-0.05, 0) is 23.3 Å². The van der Waals surface area contributed by atoms with Gasteiger partial charge in [0, 0.05) is 5.75 Å². The molecule has 22 heavy (non-hydrogen) atoms. The molecule has 2 rings (SSSR count). The first-order valence-electron chi connectivity index (χ1n) is 6.89. The third kappa shape index (κ3) is 4.26. The third-order valence-corrected chi connectivity index (χ3v) is 4.75. The molecular weight excluding hydrogens is 298 g/mol. The van der Waals surface area contributed by atoms with Crippen molar-refractivity contribution in [1.29, 1.82) is 0 Å². The molecule has 2 aromatic rings. The fourth-order valence-corrected chi connectivity index (χ4v) is 3.33. The first-order chi connectivity index (χ1) is 10.6. The van der Waals surface area contributed by atoms with Crippen molar-refractivity contribution in [1.82, 2.24) is 0 Å². The molecule has 4 nitrogen and oxygen atoms in total. The van der Waals surface area contributed by atoms with Crippen LogP contribution in [0.5, 0.6) is 5.75 Å².